The minimum absolute atomic E-state index is 0.0139. The van der Waals surface area contributed by atoms with Crippen LogP contribution in [0, 0.1) is 5.92 Å². The first-order chi connectivity index (χ1) is 4.22. The zero-order chi connectivity index (χ0) is 7.28. The summed E-state index contributed by atoms with van der Waals surface area (Å²) in [5, 5.41) is 2.69. The van der Waals surface area contributed by atoms with Crippen molar-refractivity contribution in [3.8, 4) is 0 Å². The van der Waals surface area contributed by atoms with E-state index in [1.165, 1.54) is 0 Å². The van der Waals surface area contributed by atoms with Gasteiger partial charge in [0.2, 0.25) is 5.91 Å². The lowest BCUT2D eigenvalue weighted by Crippen LogP contribution is -2.29. The van der Waals surface area contributed by atoms with Crippen LogP contribution in [0.15, 0.2) is 0 Å². The molecule has 1 radical (unpaired) electrons. The third-order valence-electron chi connectivity index (χ3n) is 1.05. The highest BCUT2D eigenvalue weighted by Crippen LogP contribution is 1.95. The number of hydrogen-bond donors (Lipinski definition) is 1. The molecule has 2 nitrogen and oxygen atoms in total. The number of carbonyl (C=O) groups excluding carboxylic acids is 1. The fraction of sp³-hybridized carbons (Fsp3) is 0.833. The predicted octanol–water partition coefficient (Wildman–Crippen LogP) is 0.956. The van der Waals surface area contributed by atoms with Crippen LogP contribution in [0.25, 0.3) is 0 Å². The Hall–Kier alpha value is -0.180. The molecule has 0 rings (SSSR count). The van der Waals surface area contributed by atoms with Gasteiger partial charge in [0.05, 0.1) is 0 Å². The maximum Gasteiger partial charge on any atom is 0.223 e. The van der Waals surface area contributed by atoms with Crippen LogP contribution in [0.2, 0.25) is 0 Å². The van der Waals surface area contributed by atoms with E-state index in [9.17, 15) is 4.79 Å². The first kappa shape index (κ1) is 8.82. The zero-order valence-corrected chi connectivity index (χ0v) is 6.62. The highest BCUT2D eigenvalue weighted by atomic mass is 32.1. The van der Waals surface area contributed by atoms with Gasteiger partial charge in [-0.3, -0.25) is 4.79 Å². The van der Waals surface area contributed by atoms with Crippen LogP contribution < -0.4 is 5.32 Å². The molecule has 1 N–H and O–H groups in total. The zero-order valence-electron chi connectivity index (χ0n) is 5.81. The summed E-state index contributed by atoms with van der Waals surface area (Å²) in [6, 6.07) is 0. The number of carbonyl (C=O) groups is 1. The maximum atomic E-state index is 10.8. The SMILES string of the molecule is CCNC(=O)C(C)C[S]. The van der Waals surface area contributed by atoms with E-state index in [-0.39, 0.29) is 11.8 Å². The highest BCUT2D eigenvalue weighted by Gasteiger charge is 2.07. The Morgan fingerprint density at radius 3 is 2.67 bits per heavy atom. The van der Waals surface area contributed by atoms with Crippen LogP contribution in [0.4, 0.5) is 0 Å². The molecule has 0 aromatic rings. The second-order valence-corrected chi connectivity index (χ2v) is 2.30. The number of rotatable bonds is 3. The Morgan fingerprint density at radius 2 is 2.33 bits per heavy atom. The van der Waals surface area contributed by atoms with E-state index in [0.29, 0.717) is 12.3 Å². The molecule has 3 heteroatoms. The molecule has 0 aliphatic heterocycles. The quantitative estimate of drug-likeness (QED) is 0.631. The van der Waals surface area contributed by atoms with Crippen molar-refractivity contribution in [3.63, 3.8) is 0 Å². The summed E-state index contributed by atoms with van der Waals surface area (Å²) in [6.45, 7) is 4.42. The standard InChI is InChI=1S/C6H12NOS/c1-3-7-6(8)5(2)4-9/h5H,3-4H2,1-2H3,(H,7,8). The molecule has 0 saturated carbocycles. The van der Waals surface area contributed by atoms with Gasteiger partial charge in [-0.1, -0.05) is 19.6 Å². The van der Waals surface area contributed by atoms with Gasteiger partial charge in [-0.15, -0.1) is 0 Å². The Bertz CT molecular complexity index is 95.1. The van der Waals surface area contributed by atoms with Crippen molar-refractivity contribution in [2.24, 2.45) is 5.92 Å². The first-order valence-electron chi connectivity index (χ1n) is 3.08. The van der Waals surface area contributed by atoms with E-state index >= 15 is 0 Å². The maximum absolute atomic E-state index is 10.8. The van der Waals surface area contributed by atoms with Gasteiger partial charge in [-0.25, -0.2) is 0 Å². The molecule has 0 aromatic carbocycles. The number of amides is 1. The van der Waals surface area contributed by atoms with E-state index in [0.717, 1.165) is 0 Å². The molecule has 0 fully saturated rings. The van der Waals surface area contributed by atoms with Crippen molar-refractivity contribution in [2.45, 2.75) is 13.8 Å². The summed E-state index contributed by atoms with van der Waals surface area (Å²) in [7, 11) is 0. The summed E-state index contributed by atoms with van der Waals surface area (Å²) < 4.78 is 0. The molecule has 1 amide bonds. The van der Waals surface area contributed by atoms with E-state index in [1.807, 2.05) is 13.8 Å². The summed E-state index contributed by atoms with van der Waals surface area (Å²) in [5.41, 5.74) is 0. The largest absolute Gasteiger partial charge is 0.356 e. The second-order valence-electron chi connectivity index (χ2n) is 1.96. The Kier molecular flexibility index (Phi) is 4.58. The fourth-order valence-electron chi connectivity index (χ4n) is 0.424. The van der Waals surface area contributed by atoms with E-state index in [4.69, 9.17) is 12.6 Å². The summed E-state index contributed by atoms with van der Waals surface area (Å²) in [4.78, 5) is 10.8. The molecule has 9 heavy (non-hydrogen) atoms. The van der Waals surface area contributed by atoms with Crippen LogP contribution in [0.1, 0.15) is 13.8 Å². The first-order valence-corrected chi connectivity index (χ1v) is 3.66. The minimum Gasteiger partial charge on any atom is -0.356 e. The molecule has 0 bridgehead atoms. The molecule has 1 atom stereocenters. The van der Waals surface area contributed by atoms with Crippen LogP contribution >= 0.6 is 12.6 Å². The summed E-state index contributed by atoms with van der Waals surface area (Å²) in [5.74, 6) is 0.554. The highest BCUT2D eigenvalue weighted by molar-refractivity contribution is 7.80. The van der Waals surface area contributed by atoms with Gasteiger partial charge in [0, 0.05) is 18.2 Å². The van der Waals surface area contributed by atoms with Gasteiger partial charge in [-0.05, 0) is 6.92 Å². The minimum atomic E-state index is -0.0139. The van der Waals surface area contributed by atoms with Crippen molar-refractivity contribution in [1.29, 1.82) is 0 Å². The van der Waals surface area contributed by atoms with Crippen molar-refractivity contribution < 1.29 is 4.79 Å². The molecule has 0 saturated heterocycles. The van der Waals surface area contributed by atoms with Crippen molar-refractivity contribution in [2.75, 3.05) is 12.3 Å². The molecule has 0 heterocycles. The number of hydrogen-bond acceptors (Lipinski definition) is 1. The molecule has 0 aromatic heterocycles. The smallest absolute Gasteiger partial charge is 0.223 e. The van der Waals surface area contributed by atoms with Gasteiger partial charge in [-0.2, -0.15) is 0 Å². The normalized spacial score (nSPS) is 12.8. The lowest BCUT2D eigenvalue weighted by molar-refractivity contribution is -0.123. The Morgan fingerprint density at radius 1 is 1.78 bits per heavy atom. The Labute approximate surface area is 61.4 Å². The third kappa shape index (κ3) is 3.40. The monoisotopic (exact) mass is 146 g/mol. The topological polar surface area (TPSA) is 29.1 Å². The summed E-state index contributed by atoms with van der Waals surface area (Å²) in [6.07, 6.45) is 0. The lowest BCUT2D eigenvalue weighted by atomic mass is 10.2. The van der Waals surface area contributed by atoms with Crippen LogP contribution in [-0.4, -0.2) is 18.2 Å². The fourth-order valence-corrected chi connectivity index (χ4v) is 0.576. The molecule has 1 unspecified atom stereocenters. The lowest BCUT2D eigenvalue weighted by Gasteiger charge is -2.05. The van der Waals surface area contributed by atoms with E-state index < -0.39 is 0 Å². The predicted molar refractivity (Wildman–Crippen MR) is 40.3 cm³/mol. The molecule has 0 spiro atoms. The van der Waals surface area contributed by atoms with Gasteiger partial charge in [0.1, 0.15) is 0 Å². The van der Waals surface area contributed by atoms with Crippen LogP contribution in [0.3, 0.4) is 0 Å². The van der Waals surface area contributed by atoms with Gasteiger partial charge < -0.3 is 5.32 Å². The second kappa shape index (κ2) is 4.68. The van der Waals surface area contributed by atoms with Crippen molar-refractivity contribution in [3.05, 3.63) is 0 Å². The average molecular weight is 146 g/mol. The molecule has 0 aliphatic rings. The van der Waals surface area contributed by atoms with Crippen LogP contribution in [0.5, 0.6) is 0 Å². The Balaban J connectivity index is 3.46. The van der Waals surface area contributed by atoms with Gasteiger partial charge >= 0.3 is 0 Å². The van der Waals surface area contributed by atoms with Gasteiger partial charge in [0.15, 0.2) is 0 Å². The van der Waals surface area contributed by atoms with Crippen molar-refractivity contribution in [1.82, 2.24) is 5.32 Å². The van der Waals surface area contributed by atoms with E-state index in [2.05, 4.69) is 5.32 Å². The average Bonchev–Trinajstić information content (AvgIpc) is 1.87. The van der Waals surface area contributed by atoms with E-state index in [1.54, 1.807) is 0 Å². The van der Waals surface area contributed by atoms with Crippen molar-refractivity contribution >= 4 is 18.5 Å². The molecule has 0 aliphatic carbocycles. The summed E-state index contributed by atoms with van der Waals surface area (Å²) >= 11 is 4.70. The third-order valence-corrected chi connectivity index (χ3v) is 1.55. The molecular formula is C6H12NOS. The molecule has 53 valence electrons. The van der Waals surface area contributed by atoms with Crippen LogP contribution in [-0.2, 0) is 4.79 Å². The molecular weight excluding hydrogens is 134 g/mol. The van der Waals surface area contributed by atoms with Gasteiger partial charge in [0.25, 0.3) is 0 Å². The number of nitrogens with one attached hydrogen (secondary N) is 1.